The number of carbonyl (C=O) groups excluding carboxylic acids is 1. The predicted octanol–water partition coefficient (Wildman–Crippen LogP) is 1.78. The van der Waals surface area contributed by atoms with Crippen LogP contribution < -0.4 is 4.74 Å². The minimum absolute atomic E-state index is 0.0222. The monoisotopic (exact) mass is 251 g/mol. The zero-order valence-corrected chi connectivity index (χ0v) is 9.40. The third-order valence-electron chi connectivity index (χ3n) is 2.07. The van der Waals surface area contributed by atoms with Crippen molar-refractivity contribution in [3.63, 3.8) is 0 Å². The van der Waals surface area contributed by atoms with Crippen molar-refractivity contribution < 1.29 is 19.2 Å². The molecule has 0 bridgehead atoms. The smallest absolute Gasteiger partial charge is 0.434 e. The number of imidazole rings is 1. The van der Waals surface area contributed by atoms with Crippen molar-refractivity contribution in [3.8, 4) is 5.88 Å². The van der Waals surface area contributed by atoms with E-state index in [9.17, 15) is 14.9 Å². The summed E-state index contributed by atoms with van der Waals surface area (Å²) < 4.78 is 10.8. The fourth-order valence-corrected chi connectivity index (χ4v) is 1.35. The lowest BCUT2D eigenvalue weighted by molar-refractivity contribution is -0.385. The van der Waals surface area contributed by atoms with Gasteiger partial charge in [0, 0.05) is 6.07 Å². The zero-order chi connectivity index (χ0) is 13.1. The molecule has 94 valence electrons. The summed E-state index contributed by atoms with van der Waals surface area (Å²) >= 11 is 0. The molecule has 8 heteroatoms. The van der Waals surface area contributed by atoms with Gasteiger partial charge in [-0.05, 0) is 13.0 Å². The second-order valence-electron chi connectivity index (χ2n) is 3.27. The molecule has 18 heavy (non-hydrogen) atoms. The van der Waals surface area contributed by atoms with Crippen molar-refractivity contribution in [2.24, 2.45) is 0 Å². The van der Waals surface area contributed by atoms with Crippen molar-refractivity contribution in [2.75, 3.05) is 6.61 Å². The number of nitrogens with zero attached hydrogens (tertiary/aromatic N) is 3. The highest BCUT2D eigenvalue weighted by Crippen LogP contribution is 2.17. The Hall–Kier alpha value is -2.64. The van der Waals surface area contributed by atoms with Gasteiger partial charge < -0.3 is 9.47 Å². The molecule has 0 radical (unpaired) electrons. The lowest BCUT2D eigenvalue weighted by atomic mass is 10.4. The van der Waals surface area contributed by atoms with E-state index in [1.54, 1.807) is 6.92 Å². The van der Waals surface area contributed by atoms with E-state index in [2.05, 4.69) is 9.72 Å². The lowest BCUT2D eigenvalue weighted by Crippen LogP contribution is -2.10. The van der Waals surface area contributed by atoms with E-state index in [0.717, 1.165) is 0 Å². The molecular formula is C10H9N3O5. The molecule has 0 amide bonds. The summed E-state index contributed by atoms with van der Waals surface area (Å²) in [7, 11) is 0. The van der Waals surface area contributed by atoms with E-state index < -0.39 is 11.1 Å². The van der Waals surface area contributed by atoms with E-state index in [-0.39, 0.29) is 18.2 Å². The second-order valence-corrected chi connectivity index (χ2v) is 3.27. The summed E-state index contributed by atoms with van der Waals surface area (Å²) in [5.74, 6) is 0.0222. The molecule has 2 heterocycles. The van der Waals surface area contributed by atoms with Crippen LogP contribution in [-0.4, -0.2) is 27.1 Å². The molecule has 0 fully saturated rings. The first-order valence-corrected chi connectivity index (χ1v) is 5.08. The maximum atomic E-state index is 11.1. The van der Waals surface area contributed by atoms with E-state index in [4.69, 9.17) is 4.74 Å². The molecule has 0 aliphatic heterocycles. The average Bonchev–Trinajstić information content (AvgIpc) is 2.69. The largest absolute Gasteiger partial charge is 0.515 e. The Bertz CT molecular complexity index is 607. The number of rotatable bonds is 3. The maximum absolute atomic E-state index is 11.1. The predicted molar refractivity (Wildman–Crippen MR) is 59.5 cm³/mol. The van der Waals surface area contributed by atoms with Gasteiger partial charge in [0.25, 0.3) is 5.69 Å². The first-order valence-electron chi connectivity index (χ1n) is 5.08. The Labute approximate surface area is 101 Å². The molecule has 0 aliphatic carbocycles. The Morgan fingerprint density at radius 1 is 1.50 bits per heavy atom. The fraction of sp³-hybridized carbons (Fsp3) is 0.200. The SMILES string of the molecule is CCOC(=O)Oc1cn2cc([N+](=O)[O-])ccc2n1. The van der Waals surface area contributed by atoms with Gasteiger partial charge in [-0.15, -0.1) is 0 Å². The highest BCUT2D eigenvalue weighted by Gasteiger charge is 2.11. The highest BCUT2D eigenvalue weighted by atomic mass is 16.7. The van der Waals surface area contributed by atoms with Crippen molar-refractivity contribution >= 4 is 17.5 Å². The molecular weight excluding hydrogens is 242 g/mol. The van der Waals surface area contributed by atoms with Crippen molar-refractivity contribution in [1.82, 2.24) is 9.38 Å². The van der Waals surface area contributed by atoms with Crippen LogP contribution in [0.5, 0.6) is 5.88 Å². The molecule has 0 saturated carbocycles. The molecule has 2 rings (SSSR count). The van der Waals surface area contributed by atoms with Gasteiger partial charge in [-0.25, -0.2) is 4.79 Å². The van der Waals surface area contributed by atoms with Gasteiger partial charge in [-0.2, -0.15) is 4.98 Å². The molecule has 0 saturated heterocycles. The van der Waals surface area contributed by atoms with Crippen LogP contribution in [0.2, 0.25) is 0 Å². The van der Waals surface area contributed by atoms with E-state index in [1.807, 2.05) is 0 Å². The minimum atomic E-state index is -0.865. The van der Waals surface area contributed by atoms with Crippen LogP contribution in [0, 0.1) is 10.1 Å². The number of hydrogen-bond acceptors (Lipinski definition) is 6. The molecule has 0 N–H and O–H groups in total. The lowest BCUT2D eigenvalue weighted by Gasteiger charge is -1.98. The van der Waals surface area contributed by atoms with Gasteiger partial charge in [0.1, 0.15) is 5.65 Å². The van der Waals surface area contributed by atoms with E-state index >= 15 is 0 Å². The maximum Gasteiger partial charge on any atom is 0.515 e. The average molecular weight is 251 g/mol. The highest BCUT2D eigenvalue weighted by molar-refractivity contribution is 5.63. The topological polar surface area (TPSA) is 96.0 Å². The Balaban J connectivity index is 2.27. The van der Waals surface area contributed by atoms with E-state index in [1.165, 1.54) is 28.9 Å². The van der Waals surface area contributed by atoms with Crippen molar-refractivity contribution in [3.05, 3.63) is 34.6 Å². The normalized spacial score (nSPS) is 10.3. The molecule has 0 unspecified atom stereocenters. The van der Waals surface area contributed by atoms with Crippen LogP contribution in [0.15, 0.2) is 24.5 Å². The van der Waals surface area contributed by atoms with Crippen LogP contribution in [-0.2, 0) is 4.74 Å². The van der Waals surface area contributed by atoms with Crippen LogP contribution in [0.1, 0.15) is 6.92 Å². The van der Waals surface area contributed by atoms with Crippen LogP contribution >= 0.6 is 0 Å². The first-order chi connectivity index (χ1) is 8.60. The summed E-state index contributed by atoms with van der Waals surface area (Å²) in [6, 6.07) is 2.77. The second kappa shape index (κ2) is 4.70. The molecule has 0 aromatic carbocycles. The third-order valence-corrected chi connectivity index (χ3v) is 2.07. The number of ether oxygens (including phenoxy) is 2. The summed E-state index contributed by atoms with van der Waals surface area (Å²) in [5.41, 5.74) is 0.350. The third kappa shape index (κ3) is 2.37. The summed E-state index contributed by atoms with van der Waals surface area (Å²) in [4.78, 5) is 25.1. The standard InChI is InChI=1S/C10H9N3O5/c1-2-17-10(14)18-9-6-12-5-7(13(15)16)3-4-8(12)11-9/h3-6H,2H2,1H3. The molecule has 8 nitrogen and oxygen atoms in total. The Morgan fingerprint density at radius 2 is 2.28 bits per heavy atom. The molecule has 2 aromatic rings. The first kappa shape index (κ1) is 11.8. The van der Waals surface area contributed by atoms with Crippen molar-refractivity contribution in [2.45, 2.75) is 6.92 Å². The van der Waals surface area contributed by atoms with Gasteiger partial charge in [-0.3, -0.25) is 14.5 Å². The van der Waals surface area contributed by atoms with Gasteiger partial charge in [-0.1, -0.05) is 0 Å². The quantitative estimate of drug-likeness (QED) is 0.468. The molecule has 0 atom stereocenters. The number of fused-ring (bicyclic) bond motifs is 1. The number of carbonyl (C=O) groups is 1. The number of nitro groups is 1. The van der Waals surface area contributed by atoms with Crippen LogP contribution in [0.3, 0.4) is 0 Å². The van der Waals surface area contributed by atoms with Crippen LogP contribution in [0.4, 0.5) is 10.5 Å². The van der Waals surface area contributed by atoms with Gasteiger partial charge in [0.15, 0.2) is 0 Å². The molecule has 2 aromatic heterocycles. The summed E-state index contributed by atoms with van der Waals surface area (Å²) in [6.45, 7) is 1.84. The number of aromatic nitrogens is 2. The molecule has 0 aliphatic rings. The van der Waals surface area contributed by atoms with Crippen LogP contribution in [0.25, 0.3) is 5.65 Å². The Morgan fingerprint density at radius 3 is 2.94 bits per heavy atom. The van der Waals surface area contributed by atoms with Gasteiger partial charge in [0.05, 0.1) is 23.9 Å². The number of pyridine rings is 1. The van der Waals surface area contributed by atoms with Gasteiger partial charge in [0.2, 0.25) is 5.88 Å². The fourth-order valence-electron chi connectivity index (χ4n) is 1.35. The van der Waals surface area contributed by atoms with Crippen molar-refractivity contribution in [1.29, 1.82) is 0 Å². The minimum Gasteiger partial charge on any atom is -0.434 e. The number of hydrogen-bond donors (Lipinski definition) is 0. The summed E-state index contributed by atoms with van der Waals surface area (Å²) in [5, 5.41) is 10.6. The van der Waals surface area contributed by atoms with Gasteiger partial charge >= 0.3 is 6.16 Å². The van der Waals surface area contributed by atoms with E-state index in [0.29, 0.717) is 5.65 Å². The molecule has 0 spiro atoms. The zero-order valence-electron chi connectivity index (χ0n) is 9.40. The summed E-state index contributed by atoms with van der Waals surface area (Å²) in [6.07, 6.45) is 1.77. The Kier molecular flexibility index (Phi) is 3.09.